The Morgan fingerprint density at radius 1 is 1.40 bits per heavy atom. The number of aliphatic hydroxyl groups excluding tert-OH is 1. The van der Waals surface area contributed by atoms with E-state index in [1.54, 1.807) is 18.2 Å². The van der Waals surface area contributed by atoms with Crippen LogP contribution in [0.15, 0.2) is 29.1 Å². The minimum atomic E-state index is -0.697. The fourth-order valence-electron chi connectivity index (χ4n) is 1.45. The lowest BCUT2D eigenvalue weighted by atomic mass is 10.3. The number of benzene rings is 1. The molecule has 0 aliphatic heterocycles. The molecular weight excluding hydrogens is 305 g/mol. The quantitative estimate of drug-likeness (QED) is 0.812. The Labute approximate surface area is 125 Å². The van der Waals surface area contributed by atoms with Crippen LogP contribution in [0.5, 0.6) is 5.75 Å². The molecule has 1 heterocycles. The third kappa shape index (κ3) is 4.64. The minimum absolute atomic E-state index is 0.0965. The highest BCUT2D eigenvalue weighted by atomic mass is 35.5. The van der Waals surface area contributed by atoms with Crippen LogP contribution < -0.4 is 10.1 Å². The molecule has 0 radical (unpaired) electrons. The standard InChI is InChI=1S/C12H13Cl2N3O3/c13-8-1-2-10(14)11(3-8)19-6-9(18)4-15-5-12-16-7-20-17-12/h1-3,7,9,15,18H,4-6H2. The van der Waals surface area contributed by atoms with E-state index in [1.165, 1.54) is 6.39 Å². The van der Waals surface area contributed by atoms with E-state index in [2.05, 4.69) is 20.0 Å². The zero-order chi connectivity index (χ0) is 14.4. The van der Waals surface area contributed by atoms with E-state index in [9.17, 15) is 5.11 Å². The van der Waals surface area contributed by atoms with Crippen LogP contribution >= 0.6 is 23.2 Å². The average Bonchev–Trinajstić information content (AvgIpc) is 2.93. The molecule has 2 rings (SSSR count). The van der Waals surface area contributed by atoms with Crippen molar-refractivity contribution in [3.8, 4) is 5.75 Å². The highest BCUT2D eigenvalue weighted by Gasteiger charge is 2.08. The van der Waals surface area contributed by atoms with Crippen molar-refractivity contribution < 1.29 is 14.4 Å². The van der Waals surface area contributed by atoms with Crippen LogP contribution in [0.3, 0.4) is 0 Å². The number of aliphatic hydroxyl groups is 1. The van der Waals surface area contributed by atoms with E-state index in [-0.39, 0.29) is 6.61 Å². The first-order chi connectivity index (χ1) is 9.65. The Bertz CT molecular complexity index is 537. The zero-order valence-electron chi connectivity index (χ0n) is 10.4. The summed E-state index contributed by atoms with van der Waals surface area (Å²) in [5.41, 5.74) is 0. The molecule has 0 aliphatic rings. The fraction of sp³-hybridized carbons (Fsp3) is 0.333. The number of halogens is 2. The summed E-state index contributed by atoms with van der Waals surface area (Å²) in [6.07, 6.45) is 0.550. The van der Waals surface area contributed by atoms with Crippen LogP contribution in [0.1, 0.15) is 5.82 Å². The number of nitrogens with zero attached hydrogens (tertiary/aromatic N) is 2. The Balaban J connectivity index is 1.71. The summed E-state index contributed by atoms with van der Waals surface area (Å²) < 4.78 is 10.00. The van der Waals surface area contributed by atoms with Gasteiger partial charge in [0.1, 0.15) is 18.5 Å². The van der Waals surface area contributed by atoms with Gasteiger partial charge in [-0.25, -0.2) is 0 Å². The lowest BCUT2D eigenvalue weighted by Crippen LogP contribution is -2.31. The third-order valence-corrected chi connectivity index (χ3v) is 2.94. The predicted molar refractivity (Wildman–Crippen MR) is 74.0 cm³/mol. The molecule has 2 N–H and O–H groups in total. The molecule has 0 saturated carbocycles. The van der Waals surface area contributed by atoms with Crippen LogP contribution in [0.2, 0.25) is 10.0 Å². The van der Waals surface area contributed by atoms with Gasteiger partial charge in [-0.15, -0.1) is 0 Å². The number of rotatable bonds is 7. The maximum absolute atomic E-state index is 9.77. The highest BCUT2D eigenvalue weighted by molar-refractivity contribution is 6.34. The van der Waals surface area contributed by atoms with Crippen molar-refractivity contribution in [3.63, 3.8) is 0 Å². The van der Waals surface area contributed by atoms with Gasteiger partial charge < -0.3 is 19.7 Å². The summed E-state index contributed by atoms with van der Waals surface area (Å²) in [5, 5.41) is 17.3. The van der Waals surface area contributed by atoms with Crippen LogP contribution in [0.25, 0.3) is 0 Å². The number of hydrogen-bond donors (Lipinski definition) is 2. The Hall–Kier alpha value is -1.34. The van der Waals surface area contributed by atoms with Gasteiger partial charge in [0.2, 0.25) is 6.39 Å². The second kappa shape index (κ2) is 7.44. The first-order valence-corrected chi connectivity index (χ1v) is 6.62. The van der Waals surface area contributed by atoms with Gasteiger partial charge in [-0.3, -0.25) is 0 Å². The van der Waals surface area contributed by atoms with E-state index in [0.29, 0.717) is 34.7 Å². The molecule has 0 bridgehead atoms. The van der Waals surface area contributed by atoms with Gasteiger partial charge in [-0.2, -0.15) is 4.98 Å². The van der Waals surface area contributed by atoms with Gasteiger partial charge in [-0.1, -0.05) is 28.4 Å². The molecule has 108 valence electrons. The van der Waals surface area contributed by atoms with Gasteiger partial charge in [-0.05, 0) is 12.1 Å². The highest BCUT2D eigenvalue weighted by Crippen LogP contribution is 2.27. The molecule has 1 atom stereocenters. The molecule has 0 spiro atoms. The van der Waals surface area contributed by atoms with Crippen molar-refractivity contribution in [1.29, 1.82) is 0 Å². The third-order valence-electron chi connectivity index (χ3n) is 2.39. The van der Waals surface area contributed by atoms with E-state index >= 15 is 0 Å². The van der Waals surface area contributed by atoms with Crippen LogP contribution in [-0.4, -0.2) is 34.5 Å². The van der Waals surface area contributed by atoms with Gasteiger partial charge in [0.15, 0.2) is 5.82 Å². The Kier molecular flexibility index (Phi) is 5.60. The summed E-state index contributed by atoms with van der Waals surface area (Å²) in [7, 11) is 0. The second-order valence-corrected chi connectivity index (χ2v) is 4.86. The van der Waals surface area contributed by atoms with Crippen molar-refractivity contribution in [2.24, 2.45) is 0 Å². The molecule has 1 aromatic heterocycles. The molecule has 1 unspecified atom stereocenters. The molecule has 0 aliphatic carbocycles. The van der Waals surface area contributed by atoms with Crippen LogP contribution in [-0.2, 0) is 6.54 Å². The van der Waals surface area contributed by atoms with Crippen molar-refractivity contribution >= 4 is 23.2 Å². The van der Waals surface area contributed by atoms with E-state index in [0.717, 1.165) is 0 Å². The zero-order valence-corrected chi connectivity index (χ0v) is 11.9. The summed E-state index contributed by atoms with van der Waals surface area (Å²) in [4.78, 5) is 3.84. The van der Waals surface area contributed by atoms with E-state index in [1.807, 2.05) is 0 Å². The van der Waals surface area contributed by atoms with Crippen molar-refractivity contribution in [1.82, 2.24) is 15.5 Å². The molecule has 20 heavy (non-hydrogen) atoms. The summed E-state index contributed by atoms with van der Waals surface area (Å²) in [5.74, 6) is 0.965. The summed E-state index contributed by atoms with van der Waals surface area (Å²) >= 11 is 11.8. The van der Waals surface area contributed by atoms with Gasteiger partial charge >= 0.3 is 0 Å². The molecular formula is C12H13Cl2N3O3. The smallest absolute Gasteiger partial charge is 0.213 e. The van der Waals surface area contributed by atoms with Crippen LogP contribution in [0.4, 0.5) is 0 Å². The SMILES string of the molecule is OC(CNCc1ncon1)COc1cc(Cl)ccc1Cl. The Morgan fingerprint density at radius 2 is 2.25 bits per heavy atom. The van der Waals surface area contributed by atoms with Gasteiger partial charge in [0.25, 0.3) is 0 Å². The molecule has 0 fully saturated rings. The minimum Gasteiger partial charge on any atom is -0.489 e. The monoisotopic (exact) mass is 317 g/mol. The average molecular weight is 318 g/mol. The van der Waals surface area contributed by atoms with Crippen molar-refractivity contribution in [2.45, 2.75) is 12.6 Å². The molecule has 8 heteroatoms. The Morgan fingerprint density at radius 3 is 3.00 bits per heavy atom. The number of nitrogens with one attached hydrogen (secondary N) is 1. The van der Waals surface area contributed by atoms with E-state index in [4.69, 9.17) is 27.9 Å². The normalized spacial score (nSPS) is 12.3. The van der Waals surface area contributed by atoms with E-state index < -0.39 is 6.10 Å². The number of ether oxygens (including phenoxy) is 1. The topological polar surface area (TPSA) is 80.4 Å². The lowest BCUT2D eigenvalue weighted by Gasteiger charge is -2.13. The summed E-state index contributed by atoms with van der Waals surface area (Å²) in [6.45, 7) is 0.831. The largest absolute Gasteiger partial charge is 0.489 e. The molecule has 0 saturated heterocycles. The van der Waals surface area contributed by atoms with Crippen molar-refractivity contribution in [3.05, 3.63) is 40.5 Å². The number of aromatic nitrogens is 2. The van der Waals surface area contributed by atoms with Crippen molar-refractivity contribution in [2.75, 3.05) is 13.2 Å². The predicted octanol–water partition coefficient (Wildman–Crippen LogP) is 1.91. The molecule has 6 nitrogen and oxygen atoms in total. The van der Waals surface area contributed by atoms with Gasteiger partial charge in [0, 0.05) is 17.6 Å². The first kappa shape index (κ1) is 15.1. The fourth-order valence-corrected chi connectivity index (χ4v) is 1.79. The number of hydrogen-bond acceptors (Lipinski definition) is 6. The van der Waals surface area contributed by atoms with Crippen LogP contribution in [0, 0.1) is 0 Å². The maximum atomic E-state index is 9.77. The van der Waals surface area contributed by atoms with Gasteiger partial charge in [0.05, 0.1) is 11.6 Å². The second-order valence-electron chi connectivity index (χ2n) is 4.02. The first-order valence-electron chi connectivity index (χ1n) is 5.87. The molecule has 0 amide bonds. The molecule has 1 aromatic carbocycles. The maximum Gasteiger partial charge on any atom is 0.213 e. The molecule has 2 aromatic rings. The summed E-state index contributed by atoms with van der Waals surface area (Å²) in [6, 6.07) is 4.91. The lowest BCUT2D eigenvalue weighted by molar-refractivity contribution is 0.106.